The minimum atomic E-state index is -0.346. The summed E-state index contributed by atoms with van der Waals surface area (Å²) in [5.74, 6) is 1.95. The molecule has 94 valence electrons. The summed E-state index contributed by atoms with van der Waals surface area (Å²) in [5.41, 5.74) is 5.47. The molecule has 1 heterocycles. The smallest absolute Gasteiger partial charge is 0.162 e. The molecule has 2 rings (SSSR count). The van der Waals surface area contributed by atoms with Crippen LogP contribution in [0, 0.1) is 5.92 Å². The lowest BCUT2D eigenvalue weighted by Gasteiger charge is -2.36. The molecule has 4 nitrogen and oxygen atoms in total. The van der Waals surface area contributed by atoms with E-state index in [2.05, 4.69) is 32.8 Å². The minimum absolute atomic E-state index is 0.346. The highest BCUT2D eigenvalue weighted by Gasteiger charge is 2.38. The maximum absolute atomic E-state index is 5.81. The molecule has 0 aliphatic heterocycles. The molecule has 0 spiro atoms. The molecular weight excluding hydrogens is 282 g/mol. The summed E-state index contributed by atoms with van der Waals surface area (Å²) < 4.78 is 6.45. The highest BCUT2D eigenvalue weighted by Crippen LogP contribution is 2.40. The van der Waals surface area contributed by atoms with Crippen LogP contribution in [-0.2, 0) is 10.3 Å². The van der Waals surface area contributed by atoms with E-state index >= 15 is 0 Å². The van der Waals surface area contributed by atoms with Crippen LogP contribution in [0.4, 0.5) is 5.82 Å². The number of hydrogen-bond acceptors (Lipinski definition) is 4. The van der Waals surface area contributed by atoms with Crippen LogP contribution in [0.5, 0.6) is 0 Å². The number of aromatic nitrogens is 2. The van der Waals surface area contributed by atoms with Gasteiger partial charge in [0.25, 0.3) is 0 Å². The molecule has 0 saturated heterocycles. The van der Waals surface area contributed by atoms with Gasteiger partial charge in [0.05, 0.1) is 4.47 Å². The monoisotopic (exact) mass is 299 g/mol. The molecule has 17 heavy (non-hydrogen) atoms. The maximum Gasteiger partial charge on any atom is 0.162 e. The lowest BCUT2D eigenvalue weighted by atomic mass is 9.79. The number of rotatable bonds is 2. The Kier molecular flexibility index (Phi) is 3.68. The van der Waals surface area contributed by atoms with Crippen molar-refractivity contribution in [1.82, 2.24) is 9.97 Å². The Balaban J connectivity index is 2.31. The van der Waals surface area contributed by atoms with Gasteiger partial charge < -0.3 is 10.5 Å². The molecule has 0 unspecified atom stereocenters. The van der Waals surface area contributed by atoms with Gasteiger partial charge in [0.15, 0.2) is 5.82 Å². The summed E-state index contributed by atoms with van der Waals surface area (Å²) in [6, 6.07) is 0. The van der Waals surface area contributed by atoms with E-state index in [1.165, 1.54) is 0 Å². The number of halogens is 1. The van der Waals surface area contributed by atoms with Crippen LogP contribution in [0.25, 0.3) is 0 Å². The topological polar surface area (TPSA) is 61.0 Å². The number of ether oxygens (including phenoxy) is 1. The number of nitrogens with zero attached hydrogens (tertiary/aromatic N) is 2. The molecule has 0 radical (unpaired) electrons. The molecule has 1 aromatic rings. The molecule has 0 atom stereocenters. The van der Waals surface area contributed by atoms with E-state index in [-0.39, 0.29) is 5.60 Å². The zero-order valence-corrected chi connectivity index (χ0v) is 11.8. The lowest BCUT2D eigenvalue weighted by molar-refractivity contribution is -0.0596. The first-order valence-corrected chi connectivity index (χ1v) is 6.70. The fourth-order valence-electron chi connectivity index (χ4n) is 2.35. The van der Waals surface area contributed by atoms with E-state index in [1.54, 1.807) is 13.3 Å². The second-order valence-corrected chi connectivity index (χ2v) is 5.66. The third-order valence-electron chi connectivity index (χ3n) is 3.65. The average Bonchev–Trinajstić information content (AvgIpc) is 2.34. The minimum Gasteiger partial charge on any atom is -0.383 e. The predicted octanol–water partition coefficient (Wildman–Crippen LogP) is 2.87. The standard InChI is InChI=1S/C12H18BrN3O/c1-8-3-5-12(17-2,6-4-8)11-15-7-9(13)10(14)16-11/h7-8H,3-6H2,1-2H3,(H2,14,15,16). The van der Waals surface area contributed by atoms with Gasteiger partial charge in [0, 0.05) is 13.3 Å². The van der Waals surface area contributed by atoms with Crippen LogP contribution in [0.2, 0.25) is 0 Å². The quantitative estimate of drug-likeness (QED) is 0.912. The van der Waals surface area contributed by atoms with Gasteiger partial charge in [-0.1, -0.05) is 6.92 Å². The van der Waals surface area contributed by atoms with Gasteiger partial charge in [-0.2, -0.15) is 0 Å². The second kappa shape index (κ2) is 4.90. The van der Waals surface area contributed by atoms with E-state index in [1.807, 2.05) is 0 Å². The number of hydrogen-bond donors (Lipinski definition) is 1. The molecule has 1 saturated carbocycles. The molecule has 1 fully saturated rings. The van der Waals surface area contributed by atoms with Crippen LogP contribution in [0.3, 0.4) is 0 Å². The number of anilines is 1. The van der Waals surface area contributed by atoms with Crippen molar-refractivity contribution in [1.29, 1.82) is 0 Å². The van der Waals surface area contributed by atoms with Crippen molar-refractivity contribution in [3.8, 4) is 0 Å². The van der Waals surface area contributed by atoms with Crippen molar-refractivity contribution in [3.05, 3.63) is 16.5 Å². The predicted molar refractivity (Wildman–Crippen MR) is 70.5 cm³/mol. The van der Waals surface area contributed by atoms with E-state index in [9.17, 15) is 0 Å². The first-order chi connectivity index (χ1) is 8.07. The van der Waals surface area contributed by atoms with E-state index in [0.717, 1.165) is 36.1 Å². The summed E-state index contributed by atoms with van der Waals surface area (Å²) in [4.78, 5) is 8.73. The van der Waals surface area contributed by atoms with Gasteiger partial charge in [-0.15, -0.1) is 0 Å². The van der Waals surface area contributed by atoms with Crippen molar-refractivity contribution < 1.29 is 4.74 Å². The zero-order valence-electron chi connectivity index (χ0n) is 10.2. The summed E-state index contributed by atoms with van der Waals surface area (Å²) in [6.07, 6.45) is 5.92. The van der Waals surface area contributed by atoms with Gasteiger partial charge in [0.2, 0.25) is 0 Å². The molecule has 0 amide bonds. The lowest BCUT2D eigenvalue weighted by Crippen LogP contribution is -2.35. The van der Waals surface area contributed by atoms with Crippen LogP contribution >= 0.6 is 15.9 Å². The first kappa shape index (κ1) is 12.8. The molecule has 0 aromatic carbocycles. The van der Waals surface area contributed by atoms with Crippen molar-refractivity contribution in [2.45, 2.75) is 38.2 Å². The largest absolute Gasteiger partial charge is 0.383 e. The van der Waals surface area contributed by atoms with Crippen LogP contribution < -0.4 is 5.73 Å². The molecular formula is C12H18BrN3O. The van der Waals surface area contributed by atoms with Crippen LogP contribution in [-0.4, -0.2) is 17.1 Å². The van der Waals surface area contributed by atoms with E-state index in [4.69, 9.17) is 10.5 Å². The zero-order chi connectivity index (χ0) is 12.5. The third kappa shape index (κ3) is 2.45. The first-order valence-electron chi connectivity index (χ1n) is 5.91. The Bertz CT molecular complexity index is 403. The Hall–Kier alpha value is -0.680. The SMILES string of the molecule is COC1(c2ncc(Br)c(N)n2)CCC(C)CC1. The van der Waals surface area contributed by atoms with Crippen molar-refractivity contribution in [3.63, 3.8) is 0 Å². The van der Waals surface area contributed by atoms with Gasteiger partial charge in [-0.25, -0.2) is 9.97 Å². The summed E-state index contributed by atoms with van der Waals surface area (Å²) >= 11 is 3.31. The summed E-state index contributed by atoms with van der Waals surface area (Å²) in [7, 11) is 1.73. The molecule has 1 aliphatic carbocycles. The average molecular weight is 300 g/mol. The van der Waals surface area contributed by atoms with E-state index in [0.29, 0.717) is 11.6 Å². The Labute approximate surface area is 110 Å². The molecule has 1 aromatic heterocycles. The number of nitrogen functional groups attached to an aromatic ring is 1. The molecule has 2 N–H and O–H groups in total. The summed E-state index contributed by atoms with van der Waals surface area (Å²) in [6.45, 7) is 2.27. The fraction of sp³-hybridized carbons (Fsp3) is 0.667. The number of nitrogens with two attached hydrogens (primary N) is 1. The fourth-order valence-corrected chi connectivity index (χ4v) is 2.54. The van der Waals surface area contributed by atoms with Gasteiger partial charge in [0.1, 0.15) is 11.4 Å². The van der Waals surface area contributed by atoms with Crippen LogP contribution in [0.1, 0.15) is 38.4 Å². The normalized spacial score (nSPS) is 29.2. The third-order valence-corrected chi connectivity index (χ3v) is 4.26. The highest BCUT2D eigenvalue weighted by atomic mass is 79.9. The summed E-state index contributed by atoms with van der Waals surface area (Å²) in [5, 5.41) is 0. The molecule has 5 heteroatoms. The van der Waals surface area contributed by atoms with Crippen molar-refractivity contribution >= 4 is 21.7 Å². The maximum atomic E-state index is 5.81. The second-order valence-electron chi connectivity index (χ2n) is 4.81. The number of methoxy groups -OCH3 is 1. The van der Waals surface area contributed by atoms with E-state index < -0.39 is 0 Å². The van der Waals surface area contributed by atoms with Crippen molar-refractivity contribution in [2.75, 3.05) is 12.8 Å². The highest BCUT2D eigenvalue weighted by molar-refractivity contribution is 9.10. The molecule has 1 aliphatic rings. The van der Waals surface area contributed by atoms with Gasteiger partial charge in [-0.05, 0) is 47.5 Å². The Morgan fingerprint density at radius 3 is 2.65 bits per heavy atom. The van der Waals surface area contributed by atoms with Gasteiger partial charge >= 0.3 is 0 Å². The Morgan fingerprint density at radius 1 is 1.47 bits per heavy atom. The molecule has 0 bridgehead atoms. The van der Waals surface area contributed by atoms with Crippen LogP contribution in [0.15, 0.2) is 10.7 Å². The van der Waals surface area contributed by atoms with Gasteiger partial charge in [-0.3, -0.25) is 0 Å². The van der Waals surface area contributed by atoms with Crippen molar-refractivity contribution in [2.24, 2.45) is 5.92 Å². The Morgan fingerprint density at radius 2 is 2.12 bits per heavy atom.